The Morgan fingerprint density at radius 2 is 1.67 bits per heavy atom. The van der Waals surface area contributed by atoms with E-state index in [9.17, 15) is 10.2 Å². The molecular formula is C7H10N2O3. The molecule has 0 spiro atoms. The van der Waals surface area contributed by atoms with Crippen LogP contribution in [0.1, 0.15) is 5.56 Å². The lowest BCUT2D eigenvalue weighted by molar-refractivity contribution is 0.416. The normalized spacial score (nSPS) is 10.1. The summed E-state index contributed by atoms with van der Waals surface area (Å²) in [5.41, 5.74) is 2.54. The molecule has 0 aromatic heterocycles. The standard InChI is InChI=1S/C7H10N2O3/c8-9-3-5-6(11)1-4(10)2-7(5)12/h1-2,9-12H,3,8H2. The van der Waals surface area contributed by atoms with Gasteiger partial charge < -0.3 is 15.3 Å². The first-order valence-electron chi connectivity index (χ1n) is 3.32. The van der Waals surface area contributed by atoms with Crippen LogP contribution in [-0.4, -0.2) is 15.3 Å². The molecule has 0 aliphatic heterocycles. The highest BCUT2D eigenvalue weighted by Gasteiger charge is 2.07. The van der Waals surface area contributed by atoms with Crippen molar-refractivity contribution in [2.24, 2.45) is 5.84 Å². The highest BCUT2D eigenvalue weighted by Crippen LogP contribution is 2.31. The molecule has 0 heterocycles. The number of benzene rings is 1. The van der Waals surface area contributed by atoms with E-state index >= 15 is 0 Å². The molecule has 0 saturated heterocycles. The molecule has 0 amide bonds. The van der Waals surface area contributed by atoms with E-state index in [2.05, 4.69) is 5.43 Å². The number of aromatic hydroxyl groups is 3. The van der Waals surface area contributed by atoms with E-state index in [0.29, 0.717) is 0 Å². The summed E-state index contributed by atoms with van der Waals surface area (Å²) < 4.78 is 0. The maximum Gasteiger partial charge on any atom is 0.127 e. The smallest absolute Gasteiger partial charge is 0.127 e. The number of phenols is 3. The Morgan fingerprint density at radius 1 is 1.17 bits per heavy atom. The zero-order valence-corrected chi connectivity index (χ0v) is 6.28. The molecule has 0 aliphatic rings. The van der Waals surface area contributed by atoms with E-state index in [1.807, 2.05) is 0 Å². The zero-order valence-electron chi connectivity index (χ0n) is 6.28. The summed E-state index contributed by atoms with van der Waals surface area (Å²) in [5, 5.41) is 27.3. The van der Waals surface area contributed by atoms with Crippen LogP contribution in [0.2, 0.25) is 0 Å². The van der Waals surface area contributed by atoms with Gasteiger partial charge in [0, 0.05) is 18.7 Å². The number of rotatable bonds is 2. The summed E-state index contributed by atoms with van der Waals surface area (Å²) >= 11 is 0. The number of hydrogen-bond acceptors (Lipinski definition) is 5. The number of nitrogens with two attached hydrogens (primary N) is 1. The van der Waals surface area contributed by atoms with Crippen molar-refractivity contribution in [3.8, 4) is 17.2 Å². The molecule has 1 aromatic carbocycles. The van der Waals surface area contributed by atoms with Gasteiger partial charge in [-0.05, 0) is 0 Å². The summed E-state index contributed by atoms with van der Waals surface area (Å²) in [6.07, 6.45) is 0. The van der Waals surface area contributed by atoms with E-state index in [1.165, 1.54) is 0 Å². The summed E-state index contributed by atoms with van der Waals surface area (Å²) in [6, 6.07) is 2.26. The van der Waals surface area contributed by atoms with Gasteiger partial charge >= 0.3 is 0 Å². The number of hydrogen-bond donors (Lipinski definition) is 5. The first kappa shape index (κ1) is 8.63. The predicted molar refractivity (Wildman–Crippen MR) is 42.5 cm³/mol. The number of nitrogens with one attached hydrogen (secondary N) is 1. The Kier molecular flexibility index (Phi) is 2.37. The first-order valence-corrected chi connectivity index (χ1v) is 3.32. The summed E-state index contributed by atoms with van der Waals surface area (Å²) in [7, 11) is 0. The lowest BCUT2D eigenvalue weighted by Gasteiger charge is -2.06. The molecule has 6 N–H and O–H groups in total. The molecule has 12 heavy (non-hydrogen) atoms. The van der Waals surface area contributed by atoms with Crippen LogP contribution in [0.4, 0.5) is 0 Å². The molecule has 5 heteroatoms. The minimum Gasteiger partial charge on any atom is -0.508 e. The zero-order chi connectivity index (χ0) is 9.14. The van der Waals surface area contributed by atoms with Gasteiger partial charge in [-0.3, -0.25) is 11.3 Å². The Morgan fingerprint density at radius 3 is 2.08 bits per heavy atom. The van der Waals surface area contributed by atoms with Crippen LogP contribution in [0.5, 0.6) is 17.2 Å². The molecule has 0 fully saturated rings. The van der Waals surface area contributed by atoms with Crippen LogP contribution in [-0.2, 0) is 6.54 Å². The average molecular weight is 170 g/mol. The topological polar surface area (TPSA) is 98.7 Å². The lowest BCUT2D eigenvalue weighted by Crippen LogP contribution is -2.20. The van der Waals surface area contributed by atoms with E-state index in [1.54, 1.807) is 0 Å². The van der Waals surface area contributed by atoms with Crippen LogP contribution >= 0.6 is 0 Å². The van der Waals surface area contributed by atoms with Crippen molar-refractivity contribution in [1.82, 2.24) is 5.43 Å². The van der Waals surface area contributed by atoms with Gasteiger partial charge in [0.05, 0.1) is 5.56 Å². The van der Waals surface area contributed by atoms with E-state index < -0.39 is 0 Å². The molecule has 0 bridgehead atoms. The van der Waals surface area contributed by atoms with Gasteiger partial charge in [0.2, 0.25) is 0 Å². The Balaban J connectivity index is 3.10. The highest BCUT2D eigenvalue weighted by molar-refractivity contribution is 5.48. The van der Waals surface area contributed by atoms with Crippen molar-refractivity contribution in [2.75, 3.05) is 0 Å². The minimum absolute atomic E-state index is 0.137. The van der Waals surface area contributed by atoms with Gasteiger partial charge in [0.25, 0.3) is 0 Å². The summed E-state index contributed by atoms with van der Waals surface area (Å²) in [6.45, 7) is 0.137. The second kappa shape index (κ2) is 3.29. The van der Waals surface area contributed by atoms with Gasteiger partial charge in [0.15, 0.2) is 0 Å². The largest absolute Gasteiger partial charge is 0.508 e. The Hall–Kier alpha value is -1.46. The van der Waals surface area contributed by atoms with Crippen molar-refractivity contribution in [3.05, 3.63) is 17.7 Å². The van der Waals surface area contributed by atoms with Crippen LogP contribution < -0.4 is 11.3 Å². The van der Waals surface area contributed by atoms with Gasteiger partial charge in [-0.1, -0.05) is 0 Å². The number of hydrazine groups is 1. The fourth-order valence-electron chi connectivity index (χ4n) is 0.910. The van der Waals surface area contributed by atoms with Crippen LogP contribution in [0.15, 0.2) is 12.1 Å². The highest BCUT2D eigenvalue weighted by atomic mass is 16.3. The summed E-state index contributed by atoms with van der Waals surface area (Å²) in [4.78, 5) is 0. The van der Waals surface area contributed by atoms with Gasteiger partial charge in [-0.25, -0.2) is 0 Å². The van der Waals surface area contributed by atoms with E-state index in [4.69, 9.17) is 10.9 Å². The summed E-state index contributed by atoms with van der Waals surface area (Å²) in [5.74, 6) is 4.43. The minimum atomic E-state index is -0.189. The second-order valence-corrected chi connectivity index (χ2v) is 2.34. The maximum atomic E-state index is 9.19. The quantitative estimate of drug-likeness (QED) is 0.312. The van der Waals surface area contributed by atoms with Crippen molar-refractivity contribution < 1.29 is 15.3 Å². The Bertz CT molecular complexity index is 265. The van der Waals surface area contributed by atoms with Crippen LogP contribution in [0, 0.1) is 0 Å². The monoisotopic (exact) mass is 170 g/mol. The maximum absolute atomic E-state index is 9.19. The molecule has 0 atom stereocenters. The van der Waals surface area contributed by atoms with Gasteiger partial charge in [-0.2, -0.15) is 0 Å². The molecule has 1 aromatic rings. The predicted octanol–water partition coefficient (Wildman–Crippen LogP) is -0.233. The Labute approximate surface area is 69.0 Å². The van der Waals surface area contributed by atoms with Gasteiger partial charge in [-0.15, -0.1) is 0 Å². The molecule has 0 saturated carbocycles. The molecule has 66 valence electrons. The van der Waals surface area contributed by atoms with Crippen molar-refractivity contribution >= 4 is 0 Å². The van der Waals surface area contributed by atoms with Crippen molar-refractivity contribution in [3.63, 3.8) is 0 Å². The van der Waals surface area contributed by atoms with Crippen LogP contribution in [0.25, 0.3) is 0 Å². The average Bonchev–Trinajstić information content (AvgIpc) is 1.96. The van der Waals surface area contributed by atoms with Crippen molar-refractivity contribution in [2.45, 2.75) is 6.54 Å². The lowest BCUT2D eigenvalue weighted by atomic mass is 10.1. The van der Waals surface area contributed by atoms with Crippen LogP contribution in [0.3, 0.4) is 0 Å². The second-order valence-electron chi connectivity index (χ2n) is 2.34. The van der Waals surface area contributed by atoms with E-state index in [0.717, 1.165) is 12.1 Å². The van der Waals surface area contributed by atoms with E-state index in [-0.39, 0.29) is 29.4 Å². The fraction of sp³-hybridized carbons (Fsp3) is 0.143. The fourth-order valence-corrected chi connectivity index (χ4v) is 0.910. The van der Waals surface area contributed by atoms with Crippen molar-refractivity contribution in [1.29, 1.82) is 0 Å². The third-order valence-electron chi connectivity index (χ3n) is 1.47. The number of phenolic OH excluding ortho intramolecular Hbond substituents is 3. The first-order chi connectivity index (χ1) is 5.65. The molecule has 0 radical (unpaired) electrons. The molecule has 0 aliphatic carbocycles. The molecule has 1 rings (SSSR count). The molecular weight excluding hydrogens is 160 g/mol. The molecule has 0 unspecified atom stereocenters. The molecule has 5 nitrogen and oxygen atoms in total. The third-order valence-corrected chi connectivity index (χ3v) is 1.47. The van der Waals surface area contributed by atoms with Gasteiger partial charge in [0.1, 0.15) is 17.2 Å². The third kappa shape index (κ3) is 1.58. The SMILES string of the molecule is NNCc1c(O)cc(O)cc1O.